The molecule has 6 nitrogen and oxygen atoms in total. The third kappa shape index (κ3) is 5.95. The van der Waals surface area contributed by atoms with Gasteiger partial charge in [-0.1, -0.05) is 18.3 Å². The van der Waals surface area contributed by atoms with Crippen LogP contribution in [-0.4, -0.2) is 33.5 Å². The Kier molecular flexibility index (Phi) is 6.48. The summed E-state index contributed by atoms with van der Waals surface area (Å²) in [5.74, 6) is -0.585. The number of thioether (sulfide) groups is 1. The summed E-state index contributed by atoms with van der Waals surface area (Å²) < 4.78 is 12.7. The average Bonchev–Trinajstić information content (AvgIpc) is 2.97. The minimum absolute atomic E-state index is 0.126. The van der Waals surface area contributed by atoms with Gasteiger partial charge in [0.05, 0.1) is 11.5 Å². The number of hydrogen-bond donors (Lipinski definition) is 2. The highest BCUT2D eigenvalue weighted by Gasteiger charge is 2.09. The van der Waals surface area contributed by atoms with Crippen LogP contribution in [0.2, 0.25) is 0 Å². The molecular formula is C14H15FN4O2S2. The molecule has 122 valence electrons. The molecule has 0 unspecified atom stereocenters. The fourth-order valence-corrected chi connectivity index (χ4v) is 2.88. The van der Waals surface area contributed by atoms with Crippen molar-refractivity contribution in [3.05, 3.63) is 35.1 Å². The van der Waals surface area contributed by atoms with Crippen molar-refractivity contribution in [1.82, 2.24) is 10.2 Å². The number of rotatable bonds is 7. The molecule has 1 aromatic heterocycles. The van der Waals surface area contributed by atoms with Crippen molar-refractivity contribution in [2.75, 3.05) is 22.1 Å². The third-order valence-corrected chi connectivity index (χ3v) is 4.53. The van der Waals surface area contributed by atoms with E-state index in [9.17, 15) is 14.0 Å². The fraction of sp³-hybridized carbons (Fsp3) is 0.286. The quantitative estimate of drug-likeness (QED) is 0.798. The Morgan fingerprint density at radius 1 is 1.13 bits per heavy atom. The van der Waals surface area contributed by atoms with E-state index in [0.717, 1.165) is 11.4 Å². The smallest absolute Gasteiger partial charge is 0.236 e. The number of hydrogen-bond acceptors (Lipinski definition) is 6. The van der Waals surface area contributed by atoms with Crippen molar-refractivity contribution in [1.29, 1.82) is 0 Å². The molecule has 0 spiro atoms. The highest BCUT2D eigenvalue weighted by atomic mass is 32.2. The lowest BCUT2D eigenvalue weighted by molar-refractivity contribution is -0.114. The summed E-state index contributed by atoms with van der Waals surface area (Å²) in [6.07, 6.45) is 0.770. The second-order valence-electron chi connectivity index (χ2n) is 4.45. The summed E-state index contributed by atoms with van der Waals surface area (Å²) in [5.41, 5.74) is 0.516. The maximum Gasteiger partial charge on any atom is 0.236 e. The van der Waals surface area contributed by atoms with E-state index in [1.165, 1.54) is 47.4 Å². The van der Waals surface area contributed by atoms with Crippen LogP contribution in [0.1, 0.15) is 11.9 Å². The molecule has 0 aliphatic rings. The number of carbonyl (C=O) groups excluding carboxylic acids is 2. The van der Waals surface area contributed by atoms with E-state index in [2.05, 4.69) is 20.8 Å². The van der Waals surface area contributed by atoms with Crippen molar-refractivity contribution in [2.24, 2.45) is 0 Å². The number of carbonyl (C=O) groups is 2. The molecule has 0 saturated heterocycles. The summed E-state index contributed by atoms with van der Waals surface area (Å²) in [4.78, 5) is 23.4. The zero-order chi connectivity index (χ0) is 16.7. The van der Waals surface area contributed by atoms with Gasteiger partial charge in [-0.2, -0.15) is 0 Å². The first-order chi connectivity index (χ1) is 11.1. The Labute approximate surface area is 140 Å². The molecule has 2 rings (SSSR count). The van der Waals surface area contributed by atoms with Crippen LogP contribution in [0.25, 0.3) is 0 Å². The molecule has 1 heterocycles. The van der Waals surface area contributed by atoms with Gasteiger partial charge in [0.25, 0.3) is 0 Å². The maximum absolute atomic E-state index is 12.7. The molecule has 0 aliphatic heterocycles. The van der Waals surface area contributed by atoms with Crippen molar-refractivity contribution >= 4 is 45.7 Å². The van der Waals surface area contributed by atoms with Crippen LogP contribution in [-0.2, 0) is 16.0 Å². The van der Waals surface area contributed by atoms with Crippen molar-refractivity contribution < 1.29 is 14.0 Å². The van der Waals surface area contributed by atoms with Crippen LogP contribution in [0.5, 0.6) is 0 Å². The number of anilines is 2. The van der Waals surface area contributed by atoms with Crippen LogP contribution >= 0.6 is 23.1 Å². The van der Waals surface area contributed by atoms with Crippen LogP contribution in [0, 0.1) is 5.82 Å². The van der Waals surface area contributed by atoms with Crippen LogP contribution < -0.4 is 10.6 Å². The van der Waals surface area contributed by atoms with E-state index in [-0.39, 0.29) is 29.1 Å². The van der Waals surface area contributed by atoms with E-state index in [4.69, 9.17) is 0 Å². The van der Waals surface area contributed by atoms with Crippen molar-refractivity contribution in [3.63, 3.8) is 0 Å². The molecule has 1 aromatic carbocycles. The predicted octanol–water partition coefficient (Wildman–Crippen LogP) is 2.55. The summed E-state index contributed by atoms with van der Waals surface area (Å²) in [7, 11) is 0. The van der Waals surface area contributed by atoms with E-state index in [1.54, 1.807) is 0 Å². The van der Waals surface area contributed by atoms with E-state index >= 15 is 0 Å². The molecule has 9 heteroatoms. The van der Waals surface area contributed by atoms with Gasteiger partial charge in [0.15, 0.2) is 0 Å². The normalized spacial score (nSPS) is 10.3. The van der Waals surface area contributed by atoms with Crippen molar-refractivity contribution in [2.45, 2.75) is 13.3 Å². The number of nitrogens with one attached hydrogen (secondary N) is 2. The zero-order valence-corrected chi connectivity index (χ0v) is 14.0. The first-order valence-corrected chi connectivity index (χ1v) is 8.79. The number of nitrogens with zero attached hydrogens (tertiary/aromatic N) is 2. The van der Waals surface area contributed by atoms with Gasteiger partial charge in [0, 0.05) is 5.69 Å². The molecule has 2 aromatic rings. The van der Waals surface area contributed by atoms with Gasteiger partial charge in [0.1, 0.15) is 10.8 Å². The van der Waals surface area contributed by atoms with Crippen LogP contribution in [0.4, 0.5) is 15.2 Å². The maximum atomic E-state index is 12.7. The van der Waals surface area contributed by atoms with Crippen LogP contribution in [0.15, 0.2) is 24.3 Å². The predicted molar refractivity (Wildman–Crippen MR) is 90.3 cm³/mol. The summed E-state index contributed by atoms with van der Waals surface area (Å²) in [5, 5.41) is 14.3. The number of halogens is 1. The first kappa shape index (κ1) is 17.4. The van der Waals surface area contributed by atoms with Gasteiger partial charge < -0.3 is 5.32 Å². The zero-order valence-electron chi connectivity index (χ0n) is 12.3. The molecule has 0 radical (unpaired) electrons. The molecular weight excluding hydrogens is 339 g/mol. The summed E-state index contributed by atoms with van der Waals surface area (Å²) in [6.45, 7) is 1.96. The molecule has 0 atom stereocenters. The first-order valence-electron chi connectivity index (χ1n) is 6.82. The fourth-order valence-electron chi connectivity index (χ4n) is 1.57. The topological polar surface area (TPSA) is 84.0 Å². The van der Waals surface area contributed by atoms with Crippen LogP contribution in [0.3, 0.4) is 0 Å². The van der Waals surface area contributed by atoms with Gasteiger partial charge in [-0.05, 0) is 30.7 Å². The standard InChI is InChI=1S/C14H15FN4O2S2/c1-2-13-18-19-14(23-13)17-12(21)8-22-7-11(20)16-10-5-3-9(15)4-6-10/h3-6H,2,7-8H2,1H3,(H,16,20)(H,17,19,21). The lowest BCUT2D eigenvalue weighted by Gasteiger charge is -2.05. The van der Waals surface area contributed by atoms with Gasteiger partial charge in [-0.3, -0.25) is 14.9 Å². The molecule has 2 amide bonds. The minimum atomic E-state index is -0.364. The lowest BCUT2D eigenvalue weighted by atomic mass is 10.3. The Bertz CT molecular complexity index is 676. The number of aryl methyl sites for hydroxylation is 1. The highest BCUT2D eigenvalue weighted by Crippen LogP contribution is 2.16. The van der Waals surface area contributed by atoms with Gasteiger partial charge in [-0.25, -0.2) is 4.39 Å². The Balaban J connectivity index is 1.68. The molecule has 2 N–H and O–H groups in total. The molecule has 0 fully saturated rings. The minimum Gasteiger partial charge on any atom is -0.325 e. The second kappa shape index (κ2) is 8.59. The Hall–Kier alpha value is -2.00. The number of benzene rings is 1. The lowest BCUT2D eigenvalue weighted by Crippen LogP contribution is -2.18. The highest BCUT2D eigenvalue weighted by molar-refractivity contribution is 8.00. The summed E-state index contributed by atoms with van der Waals surface area (Å²) in [6, 6.07) is 5.49. The second-order valence-corrected chi connectivity index (χ2v) is 6.50. The monoisotopic (exact) mass is 354 g/mol. The number of amides is 2. The Morgan fingerprint density at radius 2 is 1.78 bits per heavy atom. The van der Waals surface area contributed by atoms with Gasteiger partial charge in [-0.15, -0.1) is 22.0 Å². The largest absolute Gasteiger partial charge is 0.325 e. The summed E-state index contributed by atoms with van der Waals surface area (Å²) >= 11 is 2.51. The molecule has 0 aliphatic carbocycles. The van der Waals surface area contributed by atoms with E-state index in [1.807, 2.05) is 6.92 Å². The average molecular weight is 354 g/mol. The van der Waals surface area contributed by atoms with E-state index in [0.29, 0.717) is 10.8 Å². The third-order valence-electron chi connectivity index (χ3n) is 2.61. The SMILES string of the molecule is CCc1nnc(NC(=O)CSCC(=O)Nc2ccc(F)cc2)s1. The Morgan fingerprint density at radius 3 is 2.39 bits per heavy atom. The molecule has 0 saturated carbocycles. The number of aromatic nitrogens is 2. The molecule has 23 heavy (non-hydrogen) atoms. The van der Waals surface area contributed by atoms with E-state index < -0.39 is 0 Å². The molecule has 0 bridgehead atoms. The van der Waals surface area contributed by atoms with Gasteiger partial charge >= 0.3 is 0 Å². The van der Waals surface area contributed by atoms with Gasteiger partial charge in [0.2, 0.25) is 16.9 Å². The van der Waals surface area contributed by atoms with Crippen molar-refractivity contribution in [3.8, 4) is 0 Å².